The standard InChI is InChI=1S/C15H14N4O3/c1-9(13(20)17-12-7-8-16-18(12)2)19-14(21)10-5-3-4-6-11(10)15(19)22/h3-9H,1-2H3,(H,17,20). The van der Waals surface area contributed by atoms with E-state index in [1.165, 1.54) is 11.6 Å². The maximum absolute atomic E-state index is 12.3. The molecule has 1 atom stereocenters. The third-order valence-corrected chi connectivity index (χ3v) is 3.66. The van der Waals surface area contributed by atoms with Gasteiger partial charge < -0.3 is 5.32 Å². The molecule has 3 rings (SSSR count). The van der Waals surface area contributed by atoms with E-state index < -0.39 is 23.8 Å². The van der Waals surface area contributed by atoms with Crippen molar-refractivity contribution in [1.82, 2.24) is 14.7 Å². The van der Waals surface area contributed by atoms with Gasteiger partial charge in [-0.3, -0.25) is 24.0 Å². The van der Waals surface area contributed by atoms with Crippen LogP contribution in [0, 0.1) is 0 Å². The Morgan fingerprint density at radius 3 is 2.23 bits per heavy atom. The minimum absolute atomic E-state index is 0.327. The zero-order valence-corrected chi connectivity index (χ0v) is 12.1. The molecule has 3 amide bonds. The molecule has 0 spiro atoms. The van der Waals surface area contributed by atoms with Crippen molar-refractivity contribution in [3.8, 4) is 0 Å². The maximum Gasteiger partial charge on any atom is 0.262 e. The highest BCUT2D eigenvalue weighted by Gasteiger charge is 2.40. The molecule has 0 bridgehead atoms. The average Bonchev–Trinajstić information content (AvgIpc) is 3.02. The largest absolute Gasteiger partial charge is 0.309 e. The summed E-state index contributed by atoms with van der Waals surface area (Å²) in [5.41, 5.74) is 0.653. The molecule has 1 aromatic heterocycles. The summed E-state index contributed by atoms with van der Waals surface area (Å²) in [5.74, 6) is -0.854. The van der Waals surface area contributed by atoms with E-state index in [2.05, 4.69) is 10.4 Å². The van der Waals surface area contributed by atoms with Gasteiger partial charge in [-0.2, -0.15) is 5.10 Å². The molecule has 1 unspecified atom stereocenters. The molecule has 1 aromatic carbocycles. The lowest BCUT2D eigenvalue weighted by atomic mass is 10.1. The topological polar surface area (TPSA) is 84.3 Å². The average molecular weight is 298 g/mol. The molecule has 2 aromatic rings. The van der Waals surface area contributed by atoms with Crippen molar-refractivity contribution in [1.29, 1.82) is 0 Å². The number of nitrogens with one attached hydrogen (secondary N) is 1. The molecule has 0 saturated heterocycles. The number of aryl methyl sites for hydroxylation is 1. The smallest absolute Gasteiger partial charge is 0.262 e. The number of aromatic nitrogens is 2. The third kappa shape index (κ3) is 2.07. The van der Waals surface area contributed by atoms with Gasteiger partial charge in [0.25, 0.3) is 11.8 Å². The van der Waals surface area contributed by atoms with Gasteiger partial charge in [0.2, 0.25) is 5.91 Å². The Kier molecular flexibility index (Phi) is 3.25. The van der Waals surface area contributed by atoms with Gasteiger partial charge in [-0.1, -0.05) is 12.1 Å². The van der Waals surface area contributed by atoms with Gasteiger partial charge in [0.1, 0.15) is 11.9 Å². The Labute approximate surface area is 126 Å². The summed E-state index contributed by atoms with van der Waals surface area (Å²) < 4.78 is 1.49. The van der Waals surface area contributed by atoms with Crippen LogP contribution in [0.25, 0.3) is 0 Å². The quantitative estimate of drug-likeness (QED) is 0.858. The minimum atomic E-state index is -0.915. The van der Waals surface area contributed by atoms with Gasteiger partial charge >= 0.3 is 0 Å². The first kappa shape index (κ1) is 14.0. The van der Waals surface area contributed by atoms with E-state index in [1.54, 1.807) is 43.6 Å². The highest BCUT2D eigenvalue weighted by atomic mass is 16.2. The number of amides is 3. The molecule has 112 valence electrons. The van der Waals surface area contributed by atoms with Crippen molar-refractivity contribution >= 4 is 23.5 Å². The zero-order valence-electron chi connectivity index (χ0n) is 12.1. The molecule has 0 fully saturated rings. The lowest BCUT2D eigenvalue weighted by Gasteiger charge is -2.21. The first-order valence-corrected chi connectivity index (χ1v) is 6.76. The molecular weight excluding hydrogens is 284 g/mol. The van der Waals surface area contributed by atoms with Crippen LogP contribution >= 0.6 is 0 Å². The third-order valence-electron chi connectivity index (χ3n) is 3.66. The molecule has 2 heterocycles. The number of carbonyl (C=O) groups is 3. The number of hydrogen-bond donors (Lipinski definition) is 1. The highest BCUT2D eigenvalue weighted by Crippen LogP contribution is 2.24. The van der Waals surface area contributed by atoms with Gasteiger partial charge in [0, 0.05) is 13.1 Å². The van der Waals surface area contributed by atoms with Gasteiger partial charge in [-0.05, 0) is 19.1 Å². The second kappa shape index (κ2) is 5.10. The maximum atomic E-state index is 12.3. The number of carbonyl (C=O) groups excluding carboxylic acids is 3. The minimum Gasteiger partial charge on any atom is -0.309 e. The fourth-order valence-electron chi connectivity index (χ4n) is 2.40. The lowest BCUT2D eigenvalue weighted by Crippen LogP contribution is -2.45. The fraction of sp³-hybridized carbons (Fsp3) is 0.200. The van der Waals surface area contributed by atoms with Gasteiger partial charge in [0.05, 0.1) is 17.3 Å². The Morgan fingerprint density at radius 1 is 1.14 bits per heavy atom. The lowest BCUT2D eigenvalue weighted by molar-refractivity contribution is -0.119. The summed E-state index contributed by atoms with van der Waals surface area (Å²) in [6.45, 7) is 1.52. The number of fused-ring (bicyclic) bond motifs is 1. The van der Waals surface area contributed by atoms with Gasteiger partial charge in [0.15, 0.2) is 0 Å². The first-order valence-electron chi connectivity index (χ1n) is 6.76. The number of imide groups is 1. The summed E-state index contributed by atoms with van der Waals surface area (Å²) in [5, 5.41) is 6.59. The van der Waals surface area contributed by atoms with Crippen molar-refractivity contribution in [2.45, 2.75) is 13.0 Å². The van der Waals surface area contributed by atoms with Crippen molar-refractivity contribution in [2.75, 3.05) is 5.32 Å². The van der Waals surface area contributed by atoms with Crippen LogP contribution < -0.4 is 5.32 Å². The molecule has 1 aliphatic heterocycles. The van der Waals surface area contributed by atoms with Crippen LogP contribution in [-0.2, 0) is 11.8 Å². The fourth-order valence-corrected chi connectivity index (χ4v) is 2.40. The molecule has 1 N–H and O–H groups in total. The zero-order chi connectivity index (χ0) is 15.9. The van der Waals surface area contributed by atoms with Gasteiger partial charge in [-0.15, -0.1) is 0 Å². The predicted molar refractivity (Wildman–Crippen MR) is 78.2 cm³/mol. The van der Waals surface area contributed by atoms with Crippen molar-refractivity contribution in [3.05, 3.63) is 47.7 Å². The van der Waals surface area contributed by atoms with E-state index in [0.29, 0.717) is 16.9 Å². The number of benzene rings is 1. The van der Waals surface area contributed by atoms with E-state index >= 15 is 0 Å². The van der Waals surface area contributed by atoms with Crippen LogP contribution in [0.5, 0.6) is 0 Å². The molecule has 22 heavy (non-hydrogen) atoms. The van der Waals surface area contributed by atoms with Crippen molar-refractivity contribution in [3.63, 3.8) is 0 Å². The Morgan fingerprint density at radius 2 is 1.73 bits per heavy atom. The van der Waals surface area contributed by atoms with E-state index in [1.807, 2.05) is 0 Å². The number of nitrogens with zero attached hydrogens (tertiary/aromatic N) is 3. The molecule has 7 heteroatoms. The first-order chi connectivity index (χ1) is 10.5. The number of anilines is 1. The van der Waals surface area contributed by atoms with Crippen LogP contribution in [0.2, 0.25) is 0 Å². The Balaban J connectivity index is 1.83. The second-order valence-corrected chi connectivity index (χ2v) is 5.03. The predicted octanol–water partition coefficient (Wildman–Crippen LogP) is 1.04. The van der Waals surface area contributed by atoms with Crippen molar-refractivity contribution < 1.29 is 14.4 Å². The Bertz CT molecular complexity index is 746. The summed E-state index contributed by atoms with van der Waals surface area (Å²) in [4.78, 5) is 37.9. The molecule has 1 aliphatic rings. The van der Waals surface area contributed by atoms with Crippen LogP contribution in [-0.4, -0.2) is 38.4 Å². The number of rotatable bonds is 3. The van der Waals surface area contributed by atoms with Crippen LogP contribution in [0.3, 0.4) is 0 Å². The van der Waals surface area contributed by atoms with E-state index in [4.69, 9.17) is 0 Å². The van der Waals surface area contributed by atoms with Crippen molar-refractivity contribution in [2.24, 2.45) is 7.05 Å². The van der Waals surface area contributed by atoms with Crippen LogP contribution in [0.15, 0.2) is 36.5 Å². The van der Waals surface area contributed by atoms with Gasteiger partial charge in [-0.25, -0.2) is 0 Å². The highest BCUT2D eigenvalue weighted by molar-refractivity contribution is 6.23. The molecule has 7 nitrogen and oxygen atoms in total. The number of hydrogen-bond acceptors (Lipinski definition) is 4. The Hall–Kier alpha value is -2.96. The summed E-state index contributed by atoms with van der Waals surface area (Å²) in [6.07, 6.45) is 1.54. The molecule has 0 radical (unpaired) electrons. The van der Waals surface area contributed by atoms with E-state index in [-0.39, 0.29) is 0 Å². The molecule has 0 aliphatic carbocycles. The molecule has 0 saturated carbocycles. The SMILES string of the molecule is CC(C(=O)Nc1ccnn1C)N1C(=O)c2ccccc2C1=O. The monoisotopic (exact) mass is 298 g/mol. The van der Waals surface area contributed by atoms with E-state index in [9.17, 15) is 14.4 Å². The second-order valence-electron chi connectivity index (χ2n) is 5.03. The van der Waals surface area contributed by atoms with Crippen LogP contribution in [0.4, 0.5) is 5.82 Å². The van der Waals surface area contributed by atoms with Crippen LogP contribution in [0.1, 0.15) is 27.6 Å². The summed E-state index contributed by atoms with van der Waals surface area (Å²) >= 11 is 0. The summed E-state index contributed by atoms with van der Waals surface area (Å²) in [6, 6.07) is 7.26. The summed E-state index contributed by atoms with van der Waals surface area (Å²) in [7, 11) is 1.68. The van der Waals surface area contributed by atoms with E-state index in [0.717, 1.165) is 4.90 Å². The molecular formula is C15H14N4O3. The normalized spacial score (nSPS) is 14.9.